The molecular formula is C18H15F4O3S2-. The predicted octanol–water partition coefficient (Wildman–Crippen LogP) is 5.35. The van der Waals surface area contributed by atoms with Gasteiger partial charge in [0.1, 0.15) is 15.0 Å². The zero-order valence-electron chi connectivity index (χ0n) is 14.0. The maximum atomic E-state index is 14.3. The van der Waals surface area contributed by atoms with E-state index in [1.165, 1.54) is 0 Å². The van der Waals surface area contributed by atoms with Crippen LogP contribution in [0, 0.1) is 23.3 Å². The van der Waals surface area contributed by atoms with Gasteiger partial charge in [0.2, 0.25) is 0 Å². The first-order valence-electron chi connectivity index (χ1n) is 8.30. The van der Waals surface area contributed by atoms with Crippen LogP contribution in [0.5, 0.6) is 0 Å². The van der Waals surface area contributed by atoms with Crippen molar-refractivity contribution in [1.82, 2.24) is 0 Å². The Bertz CT molecular complexity index is 942. The van der Waals surface area contributed by atoms with E-state index in [2.05, 4.69) is 0 Å². The maximum Gasteiger partial charge on any atom is 0.180 e. The van der Waals surface area contributed by atoms with Crippen molar-refractivity contribution in [3.8, 4) is 0 Å². The Labute approximate surface area is 158 Å². The van der Waals surface area contributed by atoms with E-state index in [-0.39, 0.29) is 5.92 Å². The Kier molecular flexibility index (Phi) is 5.83. The summed E-state index contributed by atoms with van der Waals surface area (Å²) in [7, 11) is -5.71. The topological polar surface area (TPSA) is 57.2 Å². The SMILES string of the molecule is O=S(=O)([O-])c1c(F)c(F)c(Sc2ccccc2C2CCCCC2)c(F)c1F. The molecule has 0 unspecified atom stereocenters. The summed E-state index contributed by atoms with van der Waals surface area (Å²) in [6.07, 6.45) is 4.95. The van der Waals surface area contributed by atoms with E-state index in [1.807, 2.05) is 0 Å². The third-order valence-corrected chi connectivity index (χ3v) is 6.62. The summed E-state index contributed by atoms with van der Waals surface area (Å²) in [5.74, 6) is -8.04. The Balaban J connectivity index is 2.08. The minimum absolute atomic E-state index is 0.171. The highest BCUT2D eigenvalue weighted by atomic mass is 32.2. The molecule has 1 aliphatic rings. The molecule has 2 aromatic rings. The first-order valence-corrected chi connectivity index (χ1v) is 10.5. The molecule has 0 aliphatic heterocycles. The smallest absolute Gasteiger partial charge is 0.180 e. The maximum absolute atomic E-state index is 14.3. The van der Waals surface area contributed by atoms with Gasteiger partial charge in [-0.05, 0) is 30.4 Å². The number of hydrogen-bond donors (Lipinski definition) is 0. The second-order valence-electron chi connectivity index (χ2n) is 6.34. The molecule has 9 heteroatoms. The zero-order chi connectivity index (χ0) is 19.8. The largest absolute Gasteiger partial charge is 0.744 e. The quantitative estimate of drug-likeness (QED) is 0.381. The highest BCUT2D eigenvalue weighted by molar-refractivity contribution is 7.99. The lowest BCUT2D eigenvalue weighted by Gasteiger charge is -2.24. The molecule has 1 saturated carbocycles. The summed E-state index contributed by atoms with van der Waals surface area (Å²) in [6.45, 7) is 0. The van der Waals surface area contributed by atoms with E-state index < -0.39 is 43.2 Å². The normalized spacial score (nSPS) is 15.9. The summed E-state index contributed by atoms with van der Waals surface area (Å²) in [6, 6.07) is 6.79. The second-order valence-corrected chi connectivity index (χ2v) is 8.71. The Morgan fingerprint density at radius 2 is 1.44 bits per heavy atom. The second kappa shape index (κ2) is 7.81. The molecular weight excluding hydrogens is 404 g/mol. The van der Waals surface area contributed by atoms with Gasteiger partial charge in [0.15, 0.2) is 23.3 Å². The van der Waals surface area contributed by atoms with Crippen molar-refractivity contribution in [2.75, 3.05) is 0 Å². The summed E-state index contributed by atoms with van der Waals surface area (Å²) < 4.78 is 89.3. The summed E-state index contributed by atoms with van der Waals surface area (Å²) in [5, 5.41) is 0. The predicted molar refractivity (Wildman–Crippen MR) is 90.6 cm³/mol. The van der Waals surface area contributed by atoms with Crippen LogP contribution in [-0.2, 0) is 10.1 Å². The van der Waals surface area contributed by atoms with Crippen LogP contribution in [0.3, 0.4) is 0 Å². The Morgan fingerprint density at radius 3 is 2.00 bits per heavy atom. The van der Waals surface area contributed by atoms with Crippen molar-refractivity contribution >= 4 is 21.9 Å². The number of rotatable bonds is 4. The van der Waals surface area contributed by atoms with Gasteiger partial charge in [-0.15, -0.1) is 0 Å². The van der Waals surface area contributed by atoms with Crippen LogP contribution in [0.2, 0.25) is 0 Å². The molecule has 3 rings (SSSR count). The van der Waals surface area contributed by atoms with Crippen LogP contribution < -0.4 is 0 Å². The lowest BCUT2D eigenvalue weighted by Crippen LogP contribution is -2.11. The molecule has 1 aliphatic carbocycles. The molecule has 0 atom stereocenters. The van der Waals surface area contributed by atoms with Crippen molar-refractivity contribution < 1.29 is 30.5 Å². The fraction of sp³-hybridized carbons (Fsp3) is 0.333. The van der Waals surface area contributed by atoms with Crippen molar-refractivity contribution in [2.24, 2.45) is 0 Å². The fourth-order valence-electron chi connectivity index (χ4n) is 3.33. The fourth-order valence-corrected chi connectivity index (χ4v) is 5.03. The van der Waals surface area contributed by atoms with Gasteiger partial charge in [-0.2, -0.15) is 0 Å². The van der Waals surface area contributed by atoms with Crippen LogP contribution in [0.25, 0.3) is 0 Å². The van der Waals surface area contributed by atoms with Gasteiger partial charge >= 0.3 is 0 Å². The molecule has 0 radical (unpaired) electrons. The van der Waals surface area contributed by atoms with Crippen molar-refractivity contribution in [1.29, 1.82) is 0 Å². The van der Waals surface area contributed by atoms with Crippen molar-refractivity contribution in [3.63, 3.8) is 0 Å². The molecule has 0 bridgehead atoms. The van der Waals surface area contributed by atoms with E-state index in [4.69, 9.17) is 0 Å². The summed E-state index contributed by atoms with van der Waals surface area (Å²) in [5.41, 5.74) is 0.822. The van der Waals surface area contributed by atoms with Crippen LogP contribution in [-0.4, -0.2) is 13.0 Å². The van der Waals surface area contributed by atoms with E-state index in [0.29, 0.717) is 16.7 Å². The van der Waals surface area contributed by atoms with Gasteiger partial charge in [0.25, 0.3) is 0 Å². The minimum Gasteiger partial charge on any atom is -0.744 e. The zero-order valence-corrected chi connectivity index (χ0v) is 15.6. The highest BCUT2D eigenvalue weighted by Gasteiger charge is 2.30. The summed E-state index contributed by atoms with van der Waals surface area (Å²) >= 11 is 0.482. The van der Waals surface area contributed by atoms with Crippen LogP contribution in [0.15, 0.2) is 39.0 Å². The standard InChI is InChI=1S/C18H16F4O3S2/c19-13-15(21)18(27(23,24)25)16(22)14(20)17(13)26-12-9-5-4-8-11(12)10-6-2-1-3-7-10/h4-5,8-10H,1-3,6-7H2,(H,23,24,25)/p-1. The molecule has 0 aromatic heterocycles. The van der Waals surface area contributed by atoms with Crippen molar-refractivity contribution in [3.05, 3.63) is 53.1 Å². The minimum atomic E-state index is -5.71. The Hall–Kier alpha value is -1.58. The lowest BCUT2D eigenvalue weighted by molar-refractivity contribution is 0.381. The van der Waals surface area contributed by atoms with E-state index in [9.17, 15) is 30.5 Å². The van der Waals surface area contributed by atoms with Crippen LogP contribution in [0.4, 0.5) is 17.6 Å². The van der Waals surface area contributed by atoms with E-state index in [1.54, 1.807) is 24.3 Å². The lowest BCUT2D eigenvalue weighted by atomic mass is 9.84. The van der Waals surface area contributed by atoms with Crippen molar-refractivity contribution in [2.45, 2.75) is 52.7 Å². The molecule has 0 N–H and O–H groups in total. The average molecular weight is 419 g/mol. The molecule has 0 amide bonds. The first kappa shape index (κ1) is 20.2. The van der Waals surface area contributed by atoms with Gasteiger partial charge in [-0.1, -0.05) is 49.2 Å². The molecule has 0 saturated heterocycles. The van der Waals surface area contributed by atoms with Gasteiger partial charge in [-0.3, -0.25) is 0 Å². The summed E-state index contributed by atoms with van der Waals surface area (Å²) in [4.78, 5) is -2.72. The van der Waals surface area contributed by atoms with Gasteiger partial charge in [-0.25, -0.2) is 26.0 Å². The molecule has 0 spiro atoms. The molecule has 1 fully saturated rings. The van der Waals surface area contributed by atoms with Crippen LogP contribution in [0.1, 0.15) is 43.6 Å². The Morgan fingerprint density at radius 1 is 0.889 bits per heavy atom. The molecule has 3 nitrogen and oxygen atoms in total. The molecule has 27 heavy (non-hydrogen) atoms. The van der Waals surface area contributed by atoms with Gasteiger partial charge < -0.3 is 4.55 Å². The third kappa shape index (κ3) is 4.00. The molecule has 146 valence electrons. The third-order valence-electron chi connectivity index (χ3n) is 4.61. The highest BCUT2D eigenvalue weighted by Crippen LogP contribution is 2.42. The molecule has 0 heterocycles. The number of halogens is 4. The van der Waals surface area contributed by atoms with Gasteiger partial charge in [0, 0.05) is 4.90 Å². The van der Waals surface area contributed by atoms with E-state index in [0.717, 1.165) is 37.7 Å². The average Bonchev–Trinajstić information content (AvgIpc) is 2.64. The van der Waals surface area contributed by atoms with E-state index >= 15 is 0 Å². The first-order chi connectivity index (χ1) is 12.7. The van der Waals surface area contributed by atoms with Crippen LogP contribution >= 0.6 is 11.8 Å². The monoisotopic (exact) mass is 419 g/mol. The number of hydrogen-bond acceptors (Lipinski definition) is 4. The van der Waals surface area contributed by atoms with Gasteiger partial charge in [0.05, 0.1) is 4.90 Å². The number of benzene rings is 2. The molecule has 2 aromatic carbocycles.